The van der Waals surface area contributed by atoms with E-state index >= 15 is 0 Å². The number of methoxy groups -OCH3 is 2. The number of carbonyl (C=O) groups is 2. The molecule has 0 aliphatic carbocycles. The molecule has 212 valence electrons. The van der Waals surface area contributed by atoms with E-state index in [0.29, 0.717) is 32.7 Å². The summed E-state index contributed by atoms with van der Waals surface area (Å²) in [4.78, 5) is 28.8. The number of para-hydroxylation sites is 1. The Hall–Kier alpha value is -4.61. The van der Waals surface area contributed by atoms with Crippen LogP contribution in [0.2, 0.25) is 0 Å². The van der Waals surface area contributed by atoms with Gasteiger partial charge in [0, 0.05) is 11.1 Å². The van der Waals surface area contributed by atoms with E-state index in [4.69, 9.17) is 13.9 Å². The SMILES string of the molecule is COc1ccc(C2C(C(=O)c3cc4ccccc4o3)=C(O)C(=O)N2c2nnc(SCc3ccc(C)cc3)s2)cc1OC. The number of aliphatic hydroxyl groups is 1. The number of ketones is 1. The van der Waals surface area contributed by atoms with Gasteiger partial charge in [0.05, 0.1) is 25.8 Å². The third-order valence-corrected chi connectivity index (χ3v) is 9.04. The normalized spacial score (nSPS) is 15.1. The number of aromatic nitrogens is 2. The van der Waals surface area contributed by atoms with Gasteiger partial charge in [-0.15, -0.1) is 10.2 Å². The molecular formula is C31H25N3O6S2. The van der Waals surface area contributed by atoms with Crippen LogP contribution in [0.5, 0.6) is 11.5 Å². The maximum Gasteiger partial charge on any atom is 0.296 e. The highest BCUT2D eigenvalue weighted by molar-refractivity contribution is 8.00. The first-order valence-corrected chi connectivity index (χ1v) is 14.7. The summed E-state index contributed by atoms with van der Waals surface area (Å²) in [6, 6.07) is 21.0. The van der Waals surface area contributed by atoms with Crippen LogP contribution in [0.4, 0.5) is 5.13 Å². The number of hydrogen-bond acceptors (Lipinski definition) is 10. The lowest BCUT2D eigenvalue weighted by Gasteiger charge is -2.24. The predicted molar refractivity (Wildman–Crippen MR) is 161 cm³/mol. The van der Waals surface area contributed by atoms with Crippen LogP contribution in [-0.2, 0) is 10.5 Å². The largest absolute Gasteiger partial charge is 0.503 e. The summed E-state index contributed by atoms with van der Waals surface area (Å²) in [6.07, 6.45) is 0. The summed E-state index contributed by atoms with van der Waals surface area (Å²) in [5.74, 6) is -0.509. The van der Waals surface area contributed by atoms with E-state index < -0.39 is 23.5 Å². The molecule has 0 spiro atoms. The first-order valence-electron chi connectivity index (χ1n) is 12.9. The number of carbonyl (C=O) groups excluding carboxylic acids is 2. The molecule has 6 rings (SSSR count). The molecule has 9 nitrogen and oxygen atoms in total. The second-order valence-corrected chi connectivity index (χ2v) is 11.7. The average molecular weight is 600 g/mol. The first kappa shape index (κ1) is 27.6. The number of hydrogen-bond donors (Lipinski definition) is 1. The van der Waals surface area contributed by atoms with Crippen molar-refractivity contribution in [3.63, 3.8) is 0 Å². The molecule has 1 N–H and O–H groups in total. The molecule has 1 atom stereocenters. The molecule has 0 saturated heterocycles. The number of benzene rings is 3. The second kappa shape index (κ2) is 11.3. The smallest absolute Gasteiger partial charge is 0.296 e. The topological polar surface area (TPSA) is 115 Å². The lowest BCUT2D eigenvalue weighted by molar-refractivity contribution is -0.117. The molecule has 3 heterocycles. The maximum absolute atomic E-state index is 13.9. The van der Waals surface area contributed by atoms with Crippen molar-refractivity contribution in [1.29, 1.82) is 0 Å². The van der Waals surface area contributed by atoms with Gasteiger partial charge in [-0.25, -0.2) is 0 Å². The van der Waals surface area contributed by atoms with Crippen molar-refractivity contribution >= 4 is 50.9 Å². The molecule has 1 amide bonds. The van der Waals surface area contributed by atoms with Crippen molar-refractivity contribution in [2.24, 2.45) is 0 Å². The number of aryl methyl sites for hydroxylation is 1. The van der Waals surface area contributed by atoms with E-state index in [2.05, 4.69) is 22.3 Å². The Labute approximate surface area is 249 Å². The fourth-order valence-electron chi connectivity index (χ4n) is 4.79. The Kier molecular flexibility index (Phi) is 7.44. The van der Waals surface area contributed by atoms with Gasteiger partial charge in [-0.3, -0.25) is 14.5 Å². The lowest BCUT2D eigenvalue weighted by atomic mass is 9.95. The number of anilines is 1. The summed E-state index contributed by atoms with van der Waals surface area (Å²) in [5, 5.41) is 20.7. The quantitative estimate of drug-likeness (QED) is 0.112. The Morgan fingerprint density at radius 3 is 2.52 bits per heavy atom. The zero-order valence-corrected chi connectivity index (χ0v) is 24.5. The number of furan rings is 1. The number of thioether (sulfide) groups is 1. The average Bonchev–Trinajstić information content (AvgIpc) is 3.72. The molecule has 0 fully saturated rings. The highest BCUT2D eigenvalue weighted by Crippen LogP contribution is 2.45. The van der Waals surface area contributed by atoms with E-state index in [-0.39, 0.29) is 16.5 Å². The summed E-state index contributed by atoms with van der Waals surface area (Å²) in [5.41, 5.74) is 3.20. The van der Waals surface area contributed by atoms with Crippen LogP contribution >= 0.6 is 23.1 Å². The molecule has 3 aromatic carbocycles. The second-order valence-electron chi connectivity index (χ2n) is 9.56. The molecule has 0 saturated carbocycles. The number of fused-ring (bicyclic) bond motifs is 1. The highest BCUT2D eigenvalue weighted by Gasteiger charge is 2.47. The number of ether oxygens (including phenoxy) is 2. The minimum absolute atomic E-state index is 0.00415. The maximum atomic E-state index is 13.9. The molecule has 0 radical (unpaired) electrons. The van der Waals surface area contributed by atoms with Gasteiger partial charge in [0.1, 0.15) is 5.58 Å². The van der Waals surface area contributed by atoms with Crippen LogP contribution in [0, 0.1) is 6.92 Å². The van der Waals surface area contributed by atoms with Crippen molar-refractivity contribution in [3.8, 4) is 11.5 Å². The number of amides is 1. The van der Waals surface area contributed by atoms with Gasteiger partial charge in [0.25, 0.3) is 5.91 Å². The van der Waals surface area contributed by atoms with E-state index in [1.54, 1.807) is 36.4 Å². The van der Waals surface area contributed by atoms with Crippen LogP contribution in [0.25, 0.3) is 11.0 Å². The fraction of sp³-hybridized carbons (Fsp3) is 0.161. The van der Waals surface area contributed by atoms with E-state index in [1.165, 1.54) is 47.8 Å². The molecule has 2 aromatic heterocycles. The first-order chi connectivity index (χ1) is 20.4. The van der Waals surface area contributed by atoms with Crippen LogP contribution in [0.15, 0.2) is 92.9 Å². The van der Waals surface area contributed by atoms with Gasteiger partial charge < -0.3 is 19.0 Å². The number of nitrogens with zero attached hydrogens (tertiary/aromatic N) is 3. The van der Waals surface area contributed by atoms with Crippen LogP contribution in [0.1, 0.15) is 33.3 Å². The molecule has 42 heavy (non-hydrogen) atoms. The van der Waals surface area contributed by atoms with Gasteiger partial charge in [-0.1, -0.05) is 77.2 Å². The van der Waals surface area contributed by atoms with Crippen molar-refractivity contribution in [2.75, 3.05) is 19.1 Å². The highest BCUT2D eigenvalue weighted by atomic mass is 32.2. The van der Waals surface area contributed by atoms with Gasteiger partial charge >= 0.3 is 0 Å². The fourth-order valence-corrected chi connectivity index (χ4v) is 6.61. The Morgan fingerprint density at radius 1 is 1.02 bits per heavy atom. The number of aliphatic hydroxyl groups excluding tert-OH is 1. The third kappa shape index (κ3) is 5.01. The third-order valence-electron chi connectivity index (χ3n) is 6.91. The molecular weight excluding hydrogens is 574 g/mol. The molecule has 0 bridgehead atoms. The Balaban J connectivity index is 1.39. The summed E-state index contributed by atoms with van der Waals surface area (Å²) in [6.45, 7) is 2.03. The molecule has 1 aliphatic heterocycles. The molecule has 5 aromatic rings. The predicted octanol–water partition coefficient (Wildman–Crippen LogP) is 6.69. The summed E-state index contributed by atoms with van der Waals surface area (Å²) in [7, 11) is 3.01. The van der Waals surface area contributed by atoms with E-state index in [0.717, 1.165) is 10.9 Å². The number of Topliss-reactive ketones (excluding diaryl/α,β-unsaturated/α-hetero) is 1. The number of rotatable bonds is 9. The standard InChI is InChI=1S/C31H25N3O6S2/c1-17-8-10-18(11-9-17)16-41-31-33-32-30(42-31)34-26(20-12-13-22(38-2)23(15-20)39-3)25(28(36)29(34)37)27(35)24-14-19-6-4-5-7-21(19)40-24/h4-15,26,36H,16H2,1-3H3. The van der Waals surface area contributed by atoms with Crippen molar-refractivity contribution < 1.29 is 28.6 Å². The van der Waals surface area contributed by atoms with Gasteiger partial charge in [-0.2, -0.15) is 0 Å². The zero-order chi connectivity index (χ0) is 29.4. The molecule has 1 unspecified atom stereocenters. The van der Waals surface area contributed by atoms with Gasteiger partial charge in [0.2, 0.25) is 10.9 Å². The summed E-state index contributed by atoms with van der Waals surface area (Å²) >= 11 is 2.69. The minimum Gasteiger partial charge on any atom is -0.503 e. The van der Waals surface area contributed by atoms with Crippen LogP contribution in [0.3, 0.4) is 0 Å². The Morgan fingerprint density at radius 2 is 1.79 bits per heavy atom. The molecule has 1 aliphatic rings. The van der Waals surface area contributed by atoms with Crippen molar-refractivity contribution in [3.05, 3.63) is 107 Å². The van der Waals surface area contributed by atoms with Gasteiger partial charge in [-0.05, 0) is 42.3 Å². The summed E-state index contributed by atoms with van der Waals surface area (Å²) < 4.78 is 17.3. The molecule has 11 heteroatoms. The zero-order valence-electron chi connectivity index (χ0n) is 22.9. The van der Waals surface area contributed by atoms with Crippen LogP contribution < -0.4 is 14.4 Å². The van der Waals surface area contributed by atoms with E-state index in [1.807, 2.05) is 31.2 Å². The Bertz CT molecular complexity index is 1810. The minimum atomic E-state index is -1.03. The van der Waals surface area contributed by atoms with Crippen molar-refractivity contribution in [1.82, 2.24) is 10.2 Å². The van der Waals surface area contributed by atoms with Gasteiger partial charge in [0.15, 0.2) is 27.4 Å². The lowest BCUT2D eigenvalue weighted by Crippen LogP contribution is -2.31. The monoisotopic (exact) mass is 599 g/mol. The van der Waals surface area contributed by atoms with Crippen molar-refractivity contribution in [2.45, 2.75) is 23.1 Å². The van der Waals surface area contributed by atoms with E-state index in [9.17, 15) is 14.7 Å². The van der Waals surface area contributed by atoms with Crippen LogP contribution in [-0.4, -0.2) is 41.2 Å².